The SMILES string of the molecule is CC/C=C\C/C=C\C/C=C\C/C=C\CCCCCCCCCCCCCCC(=O)OCC(COC(=O)CCCCCCC/C=C\C/C=C\CCCC)OC(=O)CCCCCCCCCCCC/C=C\C/C=C\C/C=C\C/C=C\CC. The number of allylic oxidation sites excluding steroid dienone is 20. The highest BCUT2D eigenvalue weighted by molar-refractivity contribution is 5.71. The molecule has 0 spiro atoms. The van der Waals surface area contributed by atoms with E-state index in [0.717, 1.165) is 135 Å². The van der Waals surface area contributed by atoms with Crippen LogP contribution in [0.5, 0.6) is 0 Å². The van der Waals surface area contributed by atoms with Crippen molar-refractivity contribution in [2.75, 3.05) is 13.2 Å². The highest BCUT2D eigenvalue weighted by atomic mass is 16.6. The van der Waals surface area contributed by atoms with Crippen molar-refractivity contribution in [2.45, 2.75) is 316 Å². The zero-order valence-electron chi connectivity index (χ0n) is 52.3. The van der Waals surface area contributed by atoms with Crippen LogP contribution in [0.4, 0.5) is 0 Å². The number of carbonyl (C=O) groups excluding carboxylic acids is 3. The zero-order chi connectivity index (χ0) is 57.8. The fourth-order valence-corrected chi connectivity index (χ4v) is 9.21. The van der Waals surface area contributed by atoms with E-state index in [9.17, 15) is 14.4 Å². The van der Waals surface area contributed by atoms with E-state index in [0.29, 0.717) is 19.3 Å². The van der Waals surface area contributed by atoms with Gasteiger partial charge in [-0.3, -0.25) is 14.4 Å². The summed E-state index contributed by atoms with van der Waals surface area (Å²) in [6, 6.07) is 0. The summed E-state index contributed by atoms with van der Waals surface area (Å²) in [4.78, 5) is 38.4. The summed E-state index contributed by atoms with van der Waals surface area (Å²) in [6.07, 6.45) is 93.5. The van der Waals surface area contributed by atoms with Crippen LogP contribution >= 0.6 is 0 Å². The van der Waals surface area contributed by atoms with E-state index in [4.69, 9.17) is 14.2 Å². The molecule has 0 saturated carbocycles. The van der Waals surface area contributed by atoms with Crippen molar-refractivity contribution in [1.29, 1.82) is 0 Å². The van der Waals surface area contributed by atoms with Gasteiger partial charge in [0.1, 0.15) is 13.2 Å². The molecule has 1 unspecified atom stereocenters. The molecule has 0 amide bonds. The van der Waals surface area contributed by atoms with E-state index in [1.165, 1.54) is 135 Å². The molecule has 0 bridgehead atoms. The summed E-state index contributed by atoms with van der Waals surface area (Å²) in [5.41, 5.74) is 0. The minimum atomic E-state index is -0.791. The fraction of sp³-hybridized carbons (Fsp3) is 0.689. The number of hydrogen-bond acceptors (Lipinski definition) is 6. The summed E-state index contributed by atoms with van der Waals surface area (Å²) in [5.74, 6) is -0.898. The van der Waals surface area contributed by atoms with E-state index in [-0.39, 0.29) is 31.1 Å². The normalized spacial score (nSPS) is 12.9. The van der Waals surface area contributed by atoms with Crippen molar-refractivity contribution < 1.29 is 28.6 Å². The van der Waals surface area contributed by atoms with Crippen molar-refractivity contribution in [1.82, 2.24) is 0 Å². The van der Waals surface area contributed by atoms with Gasteiger partial charge in [0.05, 0.1) is 0 Å². The maximum Gasteiger partial charge on any atom is 0.306 e. The Morgan fingerprint density at radius 2 is 0.487 bits per heavy atom. The molecule has 0 saturated heterocycles. The van der Waals surface area contributed by atoms with Crippen molar-refractivity contribution in [2.24, 2.45) is 0 Å². The minimum Gasteiger partial charge on any atom is -0.462 e. The van der Waals surface area contributed by atoms with E-state index in [1.807, 2.05) is 0 Å². The molecule has 0 aliphatic carbocycles. The highest BCUT2D eigenvalue weighted by Gasteiger charge is 2.19. The van der Waals surface area contributed by atoms with Crippen molar-refractivity contribution >= 4 is 17.9 Å². The Balaban J connectivity index is 4.34. The van der Waals surface area contributed by atoms with Gasteiger partial charge in [-0.15, -0.1) is 0 Å². The number of ether oxygens (including phenoxy) is 3. The van der Waals surface area contributed by atoms with Crippen LogP contribution in [0.25, 0.3) is 0 Å². The van der Waals surface area contributed by atoms with Gasteiger partial charge in [0, 0.05) is 19.3 Å². The predicted molar refractivity (Wildman–Crippen MR) is 348 cm³/mol. The molecule has 1 atom stereocenters. The molecule has 6 nitrogen and oxygen atoms in total. The van der Waals surface area contributed by atoms with Gasteiger partial charge in [-0.2, -0.15) is 0 Å². The lowest BCUT2D eigenvalue weighted by atomic mass is 10.0. The second-order valence-corrected chi connectivity index (χ2v) is 22.0. The number of carbonyl (C=O) groups is 3. The van der Waals surface area contributed by atoms with E-state index in [1.54, 1.807) is 0 Å². The van der Waals surface area contributed by atoms with Gasteiger partial charge < -0.3 is 14.2 Å². The van der Waals surface area contributed by atoms with Crippen LogP contribution in [0.15, 0.2) is 122 Å². The molecule has 0 aromatic rings. The van der Waals surface area contributed by atoms with E-state index >= 15 is 0 Å². The monoisotopic (exact) mass is 1110 g/mol. The summed E-state index contributed by atoms with van der Waals surface area (Å²) >= 11 is 0. The van der Waals surface area contributed by atoms with E-state index < -0.39 is 6.10 Å². The maximum absolute atomic E-state index is 12.9. The minimum absolute atomic E-state index is 0.0861. The summed E-state index contributed by atoms with van der Waals surface area (Å²) in [5, 5.41) is 0. The second-order valence-electron chi connectivity index (χ2n) is 22.0. The lowest BCUT2D eigenvalue weighted by molar-refractivity contribution is -0.167. The first-order chi connectivity index (χ1) is 39.5. The molecule has 0 rings (SSSR count). The quantitative estimate of drug-likeness (QED) is 0.0261. The number of hydrogen-bond donors (Lipinski definition) is 0. The summed E-state index contributed by atoms with van der Waals surface area (Å²) < 4.78 is 17.0. The number of rotatable bonds is 60. The smallest absolute Gasteiger partial charge is 0.306 e. The summed E-state index contributed by atoms with van der Waals surface area (Å²) in [7, 11) is 0. The topological polar surface area (TPSA) is 78.9 Å². The molecule has 0 aliphatic rings. The van der Waals surface area contributed by atoms with Crippen LogP contribution in [0.2, 0.25) is 0 Å². The molecule has 6 heteroatoms. The molecule has 0 fully saturated rings. The molecule has 0 aliphatic heterocycles. The van der Waals surface area contributed by atoms with Gasteiger partial charge >= 0.3 is 17.9 Å². The lowest BCUT2D eigenvalue weighted by Gasteiger charge is -2.18. The maximum atomic E-state index is 12.9. The predicted octanol–water partition coefficient (Wildman–Crippen LogP) is 23.2. The van der Waals surface area contributed by atoms with Gasteiger partial charge in [-0.05, 0) is 122 Å². The van der Waals surface area contributed by atoms with Crippen LogP contribution in [0.3, 0.4) is 0 Å². The van der Waals surface area contributed by atoms with Crippen molar-refractivity contribution in [3.8, 4) is 0 Å². The third-order valence-electron chi connectivity index (χ3n) is 14.2. The molecular formula is C74H124O6. The lowest BCUT2D eigenvalue weighted by Crippen LogP contribution is -2.30. The van der Waals surface area contributed by atoms with Gasteiger partial charge in [0.15, 0.2) is 6.10 Å². The molecule has 80 heavy (non-hydrogen) atoms. The summed E-state index contributed by atoms with van der Waals surface area (Å²) in [6.45, 7) is 6.38. The zero-order valence-corrected chi connectivity index (χ0v) is 52.3. The molecule has 0 heterocycles. The Labute approximate surface area is 494 Å². The van der Waals surface area contributed by atoms with Crippen LogP contribution in [-0.2, 0) is 28.6 Å². The highest BCUT2D eigenvalue weighted by Crippen LogP contribution is 2.16. The Kier molecular flexibility index (Phi) is 63.8. The first-order valence-electron chi connectivity index (χ1n) is 33.5. The first kappa shape index (κ1) is 75.8. The second kappa shape index (κ2) is 67.3. The Bertz CT molecular complexity index is 1650. The average molecular weight is 1110 g/mol. The molecule has 0 aromatic carbocycles. The molecule has 456 valence electrons. The molecular weight excluding hydrogens is 985 g/mol. The van der Waals surface area contributed by atoms with Crippen LogP contribution < -0.4 is 0 Å². The molecule has 0 aromatic heterocycles. The van der Waals surface area contributed by atoms with Crippen molar-refractivity contribution in [3.63, 3.8) is 0 Å². The van der Waals surface area contributed by atoms with Gasteiger partial charge in [-0.1, -0.05) is 290 Å². The largest absolute Gasteiger partial charge is 0.462 e. The Hall–Kier alpha value is -4.19. The van der Waals surface area contributed by atoms with Crippen LogP contribution in [-0.4, -0.2) is 37.2 Å². The third-order valence-corrected chi connectivity index (χ3v) is 14.2. The van der Waals surface area contributed by atoms with Crippen molar-refractivity contribution in [3.05, 3.63) is 122 Å². The third kappa shape index (κ3) is 64.6. The first-order valence-corrected chi connectivity index (χ1v) is 33.5. The van der Waals surface area contributed by atoms with Gasteiger partial charge in [0.2, 0.25) is 0 Å². The van der Waals surface area contributed by atoms with Gasteiger partial charge in [-0.25, -0.2) is 0 Å². The number of unbranched alkanes of at least 4 members (excludes halogenated alkanes) is 29. The molecule has 0 radical (unpaired) electrons. The molecule has 0 N–H and O–H groups in total. The standard InChI is InChI=1S/C74H124O6/c1-4-7-10-13-16-19-22-25-28-30-32-34-36-37-39-40-42-44-46-49-52-55-58-61-64-67-73(76)79-70-71(69-78-72(75)66-63-60-57-54-51-48-27-24-21-18-15-12-9-6-3)80-74(77)68-65-62-59-56-53-50-47-45-43-41-38-35-33-31-29-26-23-20-17-14-11-8-5-2/h7-8,10-11,15-20,24-29,32-35,71H,4-6,9,12-14,21-23,30-31,36-70H2,1-3H3/b10-7-,11-8-,18-15-,19-16-,20-17-,27-24-,28-25-,29-26-,34-32-,35-33-. The van der Waals surface area contributed by atoms with Gasteiger partial charge in [0.25, 0.3) is 0 Å². The van der Waals surface area contributed by atoms with Crippen LogP contribution in [0.1, 0.15) is 310 Å². The Morgan fingerprint density at radius 1 is 0.263 bits per heavy atom. The van der Waals surface area contributed by atoms with Crippen LogP contribution in [0, 0.1) is 0 Å². The number of esters is 3. The Morgan fingerprint density at radius 3 is 0.762 bits per heavy atom. The fourth-order valence-electron chi connectivity index (χ4n) is 9.21. The van der Waals surface area contributed by atoms with E-state index in [2.05, 4.69) is 142 Å². The average Bonchev–Trinajstić information content (AvgIpc) is 3.46.